The molecular weight excluding hydrogens is 519 g/mol. The zero-order valence-corrected chi connectivity index (χ0v) is 21.1. The first-order valence-corrected chi connectivity index (χ1v) is 11.9. The highest BCUT2D eigenvalue weighted by Gasteiger charge is 2.43. The monoisotopic (exact) mass is 545 g/mol. The van der Waals surface area contributed by atoms with E-state index in [0.717, 1.165) is 17.7 Å². The quantitative estimate of drug-likeness (QED) is 0.443. The molecule has 39 heavy (non-hydrogen) atoms. The Morgan fingerprint density at radius 3 is 2.28 bits per heavy atom. The molecule has 2 aromatic carbocycles. The van der Waals surface area contributed by atoms with Gasteiger partial charge in [-0.25, -0.2) is 0 Å². The van der Waals surface area contributed by atoms with E-state index in [4.69, 9.17) is 9.47 Å². The maximum Gasteiger partial charge on any atom is 0.573 e. The highest BCUT2D eigenvalue weighted by atomic mass is 19.4. The van der Waals surface area contributed by atoms with Gasteiger partial charge in [0, 0.05) is 37.9 Å². The minimum Gasteiger partial charge on any atom is -0.497 e. The molecule has 0 saturated carbocycles. The highest BCUT2D eigenvalue weighted by molar-refractivity contribution is 6.05. The van der Waals surface area contributed by atoms with Gasteiger partial charge < -0.3 is 29.0 Å². The summed E-state index contributed by atoms with van der Waals surface area (Å²) in [5.74, 6) is -1.58. The van der Waals surface area contributed by atoms with Crippen molar-refractivity contribution in [2.75, 3.05) is 32.3 Å². The second-order valence-electron chi connectivity index (χ2n) is 8.74. The van der Waals surface area contributed by atoms with Crippen molar-refractivity contribution in [2.45, 2.75) is 24.9 Å². The van der Waals surface area contributed by atoms with Gasteiger partial charge in [-0.15, -0.1) is 13.2 Å². The fourth-order valence-corrected chi connectivity index (χ4v) is 4.39. The number of halogens is 3. The van der Waals surface area contributed by atoms with Crippen molar-refractivity contribution in [1.82, 2.24) is 9.88 Å². The van der Waals surface area contributed by atoms with Crippen LogP contribution < -0.4 is 25.2 Å². The van der Waals surface area contributed by atoms with Gasteiger partial charge in [0.25, 0.3) is 11.5 Å². The van der Waals surface area contributed by atoms with Crippen LogP contribution in [0, 0.1) is 0 Å². The molecule has 1 fully saturated rings. The summed E-state index contributed by atoms with van der Waals surface area (Å²) in [7, 11) is 3.04. The maximum absolute atomic E-state index is 13.6. The number of methoxy groups -OCH3 is 2. The molecule has 12 heteroatoms. The number of hydrogen-bond acceptors (Lipinski definition) is 6. The number of aromatic nitrogens is 1. The number of rotatable bonds is 9. The average Bonchev–Trinajstić information content (AvgIpc) is 3.23. The SMILES string of the molecule is COCCn1cccc(N2C[C@@H](c3ccc(OC)cc3)C(NC(=O)c3ccc(OC(F)(F)F)cc3)C2=O)c1=O. The van der Waals surface area contributed by atoms with Crippen LogP contribution in [0.2, 0.25) is 0 Å². The standard InChI is InChI=1S/C27H26F3N3O6/c1-37-15-14-32-13-3-4-22(25(32)35)33-16-21(17-5-9-19(38-2)10-6-17)23(26(33)36)31-24(34)18-7-11-20(12-8-18)39-27(28,29)30/h3-13,21,23H,14-16H2,1-2H3,(H,31,34)/t21-,23?/m0/s1. The maximum atomic E-state index is 13.6. The molecular formula is C27H26F3N3O6. The van der Waals surface area contributed by atoms with Crippen molar-refractivity contribution in [1.29, 1.82) is 0 Å². The number of nitrogens with zero attached hydrogens (tertiary/aromatic N) is 2. The molecule has 9 nitrogen and oxygen atoms in total. The van der Waals surface area contributed by atoms with Gasteiger partial charge in [0.1, 0.15) is 23.2 Å². The van der Waals surface area contributed by atoms with Crippen LogP contribution in [-0.2, 0) is 16.1 Å². The second-order valence-corrected chi connectivity index (χ2v) is 8.74. The van der Waals surface area contributed by atoms with E-state index in [1.54, 1.807) is 36.5 Å². The minimum absolute atomic E-state index is 0.0332. The van der Waals surface area contributed by atoms with Crippen LogP contribution in [-0.4, -0.2) is 56.2 Å². The van der Waals surface area contributed by atoms with Crippen LogP contribution in [0.25, 0.3) is 0 Å². The van der Waals surface area contributed by atoms with Crippen molar-refractivity contribution in [2.24, 2.45) is 0 Å². The van der Waals surface area contributed by atoms with Gasteiger partial charge in [-0.1, -0.05) is 12.1 Å². The summed E-state index contributed by atoms with van der Waals surface area (Å²) in [6.07, 6.45) is -3.27. The van der Waals surface area contributed by atoms with Crippen molar-refractivity contribution in [3.05, 3.63) is 88.3 Å². The van der Waals surface area contributed by atoms with E-state index in [9.17, 15) is 27.6 Å². The van der Waals surface area contributed by atoms with Crippen LogP contribution in [0.1, 0.15) is 21.8 Å². The third-order valence-corrected chi connectivity index (χ3v) is 6.32. The van der Waals surface area contributed by atoms with E-state index in [-0.39, 0.29) is 23.4 Å². The largest absolute Gasteiger partial charge is 0.573 e. The molecule has 3 aromatic rings. The Kier molecular flexibility index (Phi) is 8.24. The molecule has 1 N–H and O–H groups in total. The molecule has 1 aliphatic heterocycles. The first kappa shape index (κ1) is 27.7. The fraction of sp³-hybridized carbons (Fsp3) is 0.296. The molecule has 0 radical (unpaired) electrons. The Balaban J connectivity index is 1.63. The van der Waals surface area contributed by atoms with Crippen molar-refractivity contribution in [3.8, 4) is 11.5 Å². The normalized spacial score (nSPS) is 17.3. The first-order chi connectivity index (χ1) is 18.6. The number of benzene rings is 2. The highest BCUT2D eigenvalue weighted by Crippen LogP contribution is 2.32. The number of hydrogen-bond donors (Lipinski definition) is 1. The van der Waals surface area contributed by atoms with Crippen LogP contribution in [0.4, 0.5) is 18.9 Å². The molecule has 206 valence electrons. The van der Waals surface area contributed by atoms with Crippen LogP contribution in [0.15, 0.2) is 71.7 Å². The number of anilines is 1. The van der Waals surface area contributed by atoms with Gasteiger partial charge in [-0.2, -0.15) is 0 Å². The van der Waals surface area contributed by atoms with Crippen molar-refractivity contribution < 1.29 is 37.0 Å². The molecule has 1 unspecified atom stereocenters. The summed E-state index contributed by atoms with van der Waals surface area (Å²) in [5, 5.41) is 2.70. The smallest absolute Gasteiger partial charge is 0.497 e. The number of carbonyl (C=O) groups excluding carboxylic acids is 2. The molecule has 0 bridgehead atoms. The summed E-state index contributed by atoms with van der Waals surface area (Å²) in [5.41, 5.74) is 0.526. The summed E-state index contributed by atoms with van der Waals surface area (Å²) >= 11 is 0. The van der Waals surface area contributed by atoms with Crippen LogP contribution in [0.3, 0.4) is 0 Å². The van der Waals surface area contributed by atoms with Gasteiger partial charge in [0.2, 0.25) is 5.91 Å². The summed E-state index contributed by atoms with van der Waals surface area (Å²) < 4.78 is 53.0. The lowest BCUT2D eigenvalue weighted by Gasteiger charge is -2.19. The number of pyridine rings is 1. The van der Waals surface area contributed by atoms with E-state index in [1.807, 2.05) is 0 Å². The molecule has 1 aromatic heterocycles. The lowest BCUT2D eigenvalue weighted by Crippen LogP contribution is -2.44. The average molecular weight is 546 g/mol. The Morgan fingerprint density at radius 1 is 1.00 bits per heavy atom. The number of ether oxygens (including phenoxy) is 3. The van der Waals surface area contributed by atoms with E-state index in [1.165, 1.54) is 41.9 Å². The minimum atomic E-state index is -4.87. The summed E-state index contributed by atoms with van der Waals surface area (Å²) in [4.78, 5) is 41.2. The topological polar surface area (TPSA) is 99.1 Å². The van der Waals surface area contributed by atoms with Gasteiger partial charge in [-0.3, -0.25) is 14.4 Å². The predicted molar refractivity (Wildman–Crippen MR) is 135 cm³/mol. The number of amides is 2. The van der Waals surface area contributed by atoms with Crippen molar-refractivity contribution >= 4 is 17.5 Å². The zero-order valence-electron chi connectivity index (χ0n) is 21.1. The van der Waals surface area contributed by atoms with Crippen molar-refractivity contribution in [3.63, 3.8) is 0 Å². The molecule has 2 heterocycles. The summed E-state index contributed by atoms with van der Waals surface area (Å²) in [6, 6.07) is 13.5. The second kappa shape index (κ2) is 11.6. The lowest BCUT2D eigenvalue weighted by atomic mass is 9.93. The van der Waals surface area contributed by atoms with Gasteiger partial charge in [0.05, 0.1) is 13.7 Å². The predicted octanol–water partition coefficient (Wildman–Crippen LogP) is 3.33. The number of nitrogens with one attached hydrogen (secondary N) is 1. The third-order valence-electron chi connectivity index (χ3n) is 6.32. The molecule has 0 spiro atoms. The molecule has 2 amide bonds. The number of carbonyl (C=O) groups is 2. The van der Waals surface area contributed by atoms with Crippen LogP contribution >= 0.6 is 0 Å². The molecule has 1 aliphatic rings. The summed E-state index contributed by atoms with van der Waals surface area (Å²) in [6.45, 7) is 0.705. The van der Waals surface area contributed by atoms with E-state index in [2.05, 4.69) is 10.1 Å². The van der Waals surface area contributed by atoms with E-state index < -0.39 is 35.9 Å². The Hall–Kier alpha value is -4.32. The first-order valence-electron chi connectivity index (χ1n) is 11.9. The fourth-order valence-electron chi connectivity index (χ4n) is 4.39. The number of alkyl halides is 3. The Morgan fingerprint density at radius 2 is 1.67 bits per heavy atom. The van der Waals surface area contributed by atoms with Gasteiger partial charge in [-0.05, 0) is 54.1 Å². The molecule has 2 atom stereocenters. The zero-order chi connectivity index (χ0) is 28.2. The Bertz CT molecular complexity index is 1370. The third kappa shape index (κ3) is 6.40. The van der Waals surface area contributed by atoms with Crippen LogP contribution in [0.5, 0.6) is 11.5 Å². The Labute approximate surface area is 221 Å². The molecule has 0 aliphatic carbocycles. The molecule has 4 rings (SSSR count). The van der Waals surface area contributed by atoms with Gasteiger partial charge in [0.15, 0.2) is 0 Å². The van der Waals surface area contributed by atoms with E-state index >= 15 is 0 Å². The molecule has 1 saturated heterocycles. The van der Waals surface area contributed by atoms with E-state index in [0.29, 0.717) is 18.9 Å². The van der Waals surface area contributed by atoms with Gasteiger partial charge >= 0.3 is 6.36 Å². The lowest BCUT2D eigenvalue weighted by molar-refractivity contribution is -0.274.